The zero-order chi connectivity index (χ0) is 18.6. The smallest absolute Gasteiger partial charge is 0.244 e. The van der Waals surface area contributed by atoms with Gasteiger partial charge in [0.1, 0.15) is 6.54 Å². The molecule has 0 aromatic heterocycles. The maximum Gasteiger partial charge on any atom is 0.244 e. The van der Waals surface area contributed by atoms with Crippen molar-refractivity contribution in [2.75, 3.05) is 16.8 Å². The molecule has 0 unspecified atom stereocenters. The lowest BCUT2D eigenvalue weighted by Gasteiger charge is -2.21. The summed E-state index contributed by atoms with van der Waals surface area (Å²) in [7, 11) is 0. The Morgan fingerprint density at radius 2 is 1.56 bits per heavy atom. The molecule has 25 heavy (non-hydrogen) atoms. The first kappa shape index (κ1) is 19.0. The predicted molar refractivity (Wildman–Crippen MR) is 103 cm³/mol. The van der Waals surface area contributed by atoms with Crippen molar-refractivity contribution in [3.05, 3.63) is 59.1 Å². The normalized spacial score (nSPS) is 11.1. The van der Waals surface area contributed by atoms with Crippen molar-refractivity contribution in [1.29, 1.82) is 0 Å². The molecule has 0 heterocycles. The van der Waals surface area contributed by atoms with Crippen LogP contribution in [-0.2, 0) is 15.0 Å². The topological polar surface area (TPSA) is 49.4 Å². The van der Waals surface area contributed by atoms with E-state index in [0.717, 1.165) is 0 Å². The molecule has 2 amide bonds. The number of amides is 2. The Kier molecular flexibility index (Phi) is 5.85. The van der Waals surface area contributed by atoms with Gasteiger partial charge in [-0.25, -0.2) is 0 Å². The fraction of sp³-hybridized carbons (Fsp3) is 0.300. The standard InChI is InChI=1S/C20H23ClN2O2/c1-14(24)23(18-11-7-16(21)8-12-18)13-19(25)22-17-9-5-15(6-10-17)20(2,3)4/h5-12H,13H2,1-4H3,(H,22,25). The second-order valence-corrected chi connectivity index (χ2v) is 7.39. The van der Waals surface area contributed by atoms with Crippen molar-refractivity contribution in [1.82, 2.24) is 0 Å². The van der Waals surface area contributed by atoms with E-state index in [0.29, 0.717) is 16.4 Å². The molecule has 0 saturated heterocycles. The van der Waals surface area contributed by atoms with Crippen molar-refractivity contribution >= 4 is 34.8 Å². The molecule has 1 N–H and O–H groups in total. The third-order valence-electron chi connectivity index (χ3n) is 3.85. The average Bonchev–Trinajstić information content (AvgIpc) is 2.53. The zero-order valence-corrected chi connectivity index (χ0v) is 15.7. The summed E-state index contributed by atoms with van der Waals surface area (Å²) in [5, 5.41) is 3.41. The second kappa shape index (κ2) is 7.70. The van der Waals surface area contributed by atoms with Crippen LogP contribution in [-0.4, -0.2) is 18.4 Å². The first-order valence-electron chi connectivity index (χ1n) is 8.11. The van der Waals surface area contributed by atoms with Gasteiger partial charge in [0.25, 0.3) is 0 Å². The molecule has 0 radical (unpaired) electrons. The molecule has 5 heteroatoms. The van der Waals surface area contributed by atoms with Crippen LogP contribution in [0.5, 0.6) is 0 Å². The van der Waals surface area contributed by atoms with Gasteiger partial charge in [-0.2, -0.15) is 0 Å². The minimum Gasteiger partial charge on any atom is -0.325 e. The lowest BCUT2D eigenvalue weighted by atomic mass is 9.87. The molecule has 0 fully saturated rings. The van der Waals surface area contributed by atoms with Crippen LogP contribution >= 0.6 is 11.6 Å². The largest absolute Gasteiger partial charge is 0.325 e. The Labute approximate surface area is 153 Å². The number of nitrogens with one attached hydrogen (secondary N) is 1. The lowest BCUT2D eigenvalue weighted by molar-refractivity contribution is -0.120. The number of carbonyl (C=O) groups excluding carboxylic acids is 2. The van der Waals surface area contributed by atoms with E-state index in [1.54, 1.807) is 24.3 Å². The highest BCUT2D eigenvalue weighted by atomic mass is 35.5. The maximum absolute atomic E-state index is 12.3. The molecule has 2 rings (SSSR count). The Balaban J connectivity index is 2.06. The van der Waals surface area contributed by atoms with E-state index in [4.69, 9.17) is 11.6 Å². The average molecular weight is 359 g/mol. The van der Waals surface area contributed by atoms with E-state index in [9.17, 15) is 9.59 Å². The minimum atomic E-state index is -0.256. The molecule has 0 aliphatic heterocycles. The highest BCUT2D eigenvalue weighted by molar-refractivity contribution is 6.30. The molecule has 0 saturated carbocycles. The third-order valence-corrected chi connectivity index (χ3v) is 4.11. The van der Waals surface area contributed by atoms with Crippen LogP contribution in [0.3, 0.4) is 0 Å². The van der Waals surface area contributed by atoms with Gasteiger partial charge in [-0.1, -0.05) is 44.5 Å². The molecule has 0 bridgehead atoms. The summed E-state index contributed by atoms with van der Waals surface area (Å²) in [5.41, 5.74) is 2.59. The van der Waals surface area contributed by atoms with Gasteiger partial charge in [-0.3, -0.25) is 9.59 Å². The van der Waals surface area contributed by atoms with Crippen LogP contribution in [0.1, 0.15) is 33.3 Å². The van der Waals surface area contributed by atoms with E-state index in [1.165, 1.54) is 17.4 Å². The van der Waals surface area contributed by atoms with Crippen LogP contribution in [0.2, 0.25) is 5.02 Å². The highest BCUT2D eigenvalue weighted by Gasteiger charge is 2.17. The van der Waals surface area contributed by atoms with Gasteiger partial charge in [0, 0.05) is 23.3 Å². The number of hydrogen-bond donors (Lipinski definition) is 1. The first-order chi connectivity index (χ1) is 11.7. The number of anilines is 2. The summed E-state index contributed by atoms with van der Waals surface area (Å²) >= 11 is 5.87. The summed E-state index contributed by atoms with van der Waals surface area (Å²) in [6.45, 7) is 7.78. The highest BCUT2D eigenvalue weighted by Crippen LogP contribution is 2.23. The van der Waals surface area contributed by atoms with Gasteiger partial charge >= 0.3 is 0 Å². The second-order valence-electron chi connectivity index (χ2n) is 6.96. The Hall–Kier alpha value is -2.33. The summed E-state index contributed by atoms with van der Waals surface area (Å²) in [4.78, 5) is 25.6. The van der Waals surface area contributed by atoms with E-state index in [-0.39, 0.29) is 23.8 Å². The summed E-state index contributed by atoms with van der Waals surface area (Å²) in [6, 6.07) is 14.6. The van der Waals surface area contributed by atoms with Gasteiger partial charge in [-0.15, -0.1) is 0 Å². The van der Waals surface area contributed by atoms with Crippen LogP contribution in [0, 0.1) is 0 Å². The number of carbonyl (C=O) groups is 2. The van der Waals surface area contributed by atoms with Crippen molar-refractivity contribution in [2.45, 2.75) is 33.1 Å². The van der Waals surface area contributed by atoms with Crippen LogP contribution < -0.4 is 10.2 Å². The maximum atomic E-state index is 12.3. The molecule has 132 valence electrons. The van der Waals surface area contributed by atoms with E-state index < -0.39 is 0 Å². The quantitative estimate of drug-likeness (QED) is 0.866. The molecule has 4 nitrogen and oxygen atoms in total. The molecule has 0 aliphatic carbocycles. The van der Waals surface area contributed by atoms with Crippen LogP contribution in [0.4, 0.5) is 11.4 Å². The van der Waals surface area contributed by atoms with Crippen molar-refractivity contribution < 1.29 is 9.59 Å². The number of hydrogen-bond acceptors (Lipinski definition) is 2. The summed E-state index contributed by atoms with van der Waals surface area (Å²) in [5.74, 6) is -0.464. The van der Waals surface area contributed by atoms with E-state index in [1.807, 2.05) is 24.3 Å². The minimum absolute atomic E-state index is 0.0576. The number of nitrogens with zero attached hydrogens (tertiary/aromatic N) is 1. The molecule has 2 aromatic rings. The van der Waals surface area contributed by atoms with Gasteiger partial charge in [-0.05, 0) is 47.4 Å². The van der Waals surface area contributed by atoms with Crippen molar-refractivity contribution in [2.24, 2.45) is 0 Å². The summed E-state index contributed by atoms with van der Waals surface area (Å²) < 4.78 is 0. The fourth-order valence-electron chi connectivity index (χ4n) is 2.40. The Morgan fingerprint density at radius 1 is 1.00 bits per heavy atom. The third kappa shape index (κ3) is 5.33. The van der Waals surface area contributed by atoms with Gasteiger partial charge in [0.05, 0.1) is 0 Å². The van der Waals surface area contributed by atoms with Crippen LogP contribution in [0.15, 0.2) is 48.5 Å². The number of halogens is 1. The Morgan fingerprint density at radius 3 is 2.04 bits per heavy atom. The molecular weight excluding hydrogens is 336 g/mol. The fourth-order valence-corrected chi connectivity index (χ4v) is 2.53. The number of rotatable bonds is 4. The van der Waals surface area contributed by atoms with Crippen molar-refractivity contribution in [3.63, 3.8) is 0 Å². The Bertz CT molecular complexity index is 747. The lowest BCUT2D eigenvalue weighted by Crippen LogP contribution is -2.36. The van der Waals surface area contributed by atoms with Gasteiger partial charge in [0.15, 0.2) is 0 Å². The molecule has 0 atom stereocenters. The van der Waals surface area contributed by atoms with Crippen molar-refractivity contribution in [3.8, 4) is 0 Å². The summed E-state index contributed by atoms with van der Waals surface area (Å²) in [6.07, 6.45) is 0. The SMILES string of the molecule is CC(=O)N(CC(=O)Nc1ccc(C(C)(C)C)cc1)c1ccc(Cl)cc1. The monoisotopic (exact) mass is 358 g/mol. The van der Waals surface area contributed by atoms with E-state index in [2.05, 4.69) is 26.1 Å². The molecular formula is C20H23ClN2O2. The van der Waals surface area contributed by atoms with Gasteiger partial charge in [0.2, 0.25) is 11.8 Å². The predicted octanol–water partition coefficient (Wildman–Crippen LogP) is 4.63. The van der Waals surface area contributed by atoms with Crippen LogP contribution in [0.25, 0.3) is 0 Å². The first-order valence-corrected chi connectivity index (χ1v) is 8.48. The van der Waals surface area contributed by atoms with E-state index >= 15 is 0 Å². The zero-order valence-electron chi connectivity index (χ0n) is 15.0. The van der Waals surface area contributed by atoms with Gasteiger partial charge < -0.3 is 10.2 Å². The molecule has 2 aromatic carbocycles. The molecule has 0 spiro atoms. The number of benzene rings is 2. The molecule has 0 aliphatic rings.